The van der Waals surface area contributed by atoms with Crippen molar-refractivity contribution >= 4 is 16.7 Å². The van der Waals surface area contributed by atoms with Crippen molar-refractivity contribution in [2.45, 2.75) is 6.10 Å². The molecule has 0 radical (unpaired) electrons. The number of amides is 1. The van der Waals surface area contributed by atoms with E-state index in [9.17, 15) is 4.79 Å². The highest BCUT2D eigenvalue weighted by atomic mass is 16.6. The molecule has 0 saturated carbocycles. The molecule has 4 nitrogen and oxygen atoms in total. The van der Waals surface area contributed by atoms with E-state index in [2.05, 4.69) is 4.84 Å². The second-order valence-electron chi connectivity index (χ2n) is 3.53. The Balaban J connectivity index is 2.49. The Hall–Kier alpha value is -1.91. The number of fused-ring (bicyclic) bond motifs is 1. The molecule has 0 heterocycles. The van der Waals surface area contributed by atoms with Crippen LogP contribution in [0.1, 0.15) is 11.7 Å². The van der Waals surface area contributed by atoms with Gasteiger partial charge in [-0.1, -0.05) is 36.4 Å². The van der Waals surface area contributed by atoms with Gasteiger partial charge in [-0.3, -0.25) is 9.63 Å². The lowest BCUT2D eigenvalue weighted by molar-refractivity contribution is -0.130. The first-order valence-corrected chi connectivity index (χ1v) is 4.86. The van der Waals surface area contributed by atoms with Crippen molar-refractivity contribution in [2.75, 3.05) is 0 Å². The SMILES string of the molecule is NOC(C(N)=O)c1ccc2ccccc2c1. The van der Waals surface area contributed by atoms with Crippen molar-refractivity contribution < 1.29 is 9.63 Å². The minimum atomic E-state index is -0.899. The zero-order chi connectivity index (χ0) is 11.5. The molecule has 1 unspecified atom stereocenters. The highest BCUT2D eigenvalue weighted by molar-refractivity contribution is 5.86. The highest BCUT2D eigenvalue weighted by Crippen LogP contribution is 2.21. The standard InChI is InChI=1S/C12H12N2O2/c13-12(15)11(16-14)10-6-5-8-3-1-2-4-9(8)7-10/h1-7,11H,14H2,(H2,13,15). The van der Waals surface area contributed by atoms with Crippen molar-refractivity contribution in [2.24, 2.45) is 11.6 Å². The lowest BCUT2D eigenvalue weighted by atomic mass is 10.0. The second kappa shape index (κ2) is 4.30. The largest absolute Gasteiger partial charge is 0.367 e. The molecular formula is C12H12N2O2. The zero-order valence-electron chi connectivity index (χ0n) is 8.59. The third-order valence-electron chi connectivity index (χ3n) is 2.47. The van der Waals surface area contributed by atoms with Gasteiger partial charge in [-0.25, -0.2) is 5.90 Å². The number of benzene rings is 2. The van der Waals surface area contributed by atoms with Crippen LogP contribution in [0.4, 0.5) is 0 Å². The number of nitrogens with two attached hydrogens (primary N) is 2. The van der Waals surface area contributed by atoms with Crippen molar-refractivity contribution in [3.8, 4) is 0 Å². The van der Waals surface area contributed by atoms with Crippen LogP contribution >= 0.6 is 0 Å². The predicted molar refractivity (Wildman–Crippen MR) is 61.2 cm³/mol. The molecule has 0 aliphatic carbocycles. The molecule has 16 heavy (non-hydrogen) atoms. The summed E-state index contributed by atoms with van der Waals surface area (Å²) in [7, 11) is 0. The summed E-state index contributed by atoms with van der Waals surface area (Å²) >= 11 is 0. The quantitative estimate of drug-likeness (QED) is 0.758. The molecule has 4 heteroatoms. The third kappa shape index (κ3) is 1.88. The van der Waals surface area contributed by atoms with E-state index in [0.717, 1.165) is 10.8 Å². The van der Waals surface area contributed by atoms with Gasteiger partial charge < -0.3 is 5.73 Å². The molecule has 0 saturated heterocycles. The Morgan fingerprint density at radius 2 is 1.81 bits per heavy atom. The first-order valence-electron chi connectivity index (χ1n) is 4.86. The molecule has 0 spiro atoms. The predicted octanol–water partition coefficient (Wildman–Crippen LogP) is 1.26. The maximum absolute atomic E-state index is 11.1. The fraction of sp³-hybridized carbons (Fsp3) is 0.0833. The first kappa shape index (κ1) is 10.6. The maximum Gasteiger partial charge on any atom is 0.253 e. The van der Waals surface area contributed by atoms with Crippen molar-refractivity contribution in [1.29, 1.82) is 0 Å². The second-order valence-corrected chi connectivity index (χ2v) is 3.53. The van der Waals surface area contributed by atoms with Gasteiger partial charge in [0.1, 0.15) is 0 Å². The van der Waals surface area contributed by atoms with Crippen molar-refractivity contribution in [3.63, 3.8) is 0 Å². The van der Waals surface area contributed by atoms with E-state index < -0.39 is 12.0 Å². The van der Waals surface area contributed by atoms with E-state index in [1.165, 1.54) is 0 Å². The van der Waals surface area contributed by atoms with E-state index in [0.29, 0.717) is 5.56 Å². The van der Waals surface area contributed by atoms with Crippen molar-refractivity contribution in [3.05, 3.63) is 48.0 Å². The normalized spacial score (nSPS) is 12.6. The molecule has 4 N–H and O–H groups in total. The van der Waals surface area contributed by atoms with E-state index >= 15 is 0 Å². The van der Waals surface area contributed by atoms with E-state index in [1.54, 1.807) is 6.07 Å². The van der Waals surface area contributed by atoms with Gasteiger partial charge in [-0.15, -0.1) is 0 Å². The van der Waals surface area contributed by atoms with E-state index in [1.807, 2.05) is 36.4 Å². The van der Waals surface area contributed by atoms with Gasteiger partial charge in [0.15, 0.2) is 6.10 Å². The molecule has 2 aromatic rings. The first-order chi connectivity index (χ1) is 7.72. The summed E-state index contributed by atoms with van der Waals surface area (Å²) in [4.78, 5) is 15.7. The van der Waals surface area contributed by atoms with Crippen LogP contribution in [-0.2, 0) is 9.63 Å². The molecule has 0 fully saturated rings. The van der Waals surface area contributed by atoms with Crippen LogP contribution in [0.2, 0.25) is 0 Å². The molecule has 1 amide bonds. The fourth-order valence-electron chi connectivity index (χ4n) is 1.68. The summed E-state index contributed by atoms with van der Waals surface area (Å²) in [5, 5.41) is 2.11. The Morgan fingerprint density at radius 3 is 2.44 bits per heavy atom. The lowest BCUT2D eigenvalue weighted by Gasteiger charge is -2.11. The van der Waals surface area contributed by atoms with Gasteiger partial charge in [0.05, 0.1) is 0 Å². The Morgan fingerprint density at radius 1 is 1.12 bits per heavy atom. The Bertz CT molecular complexity index is 525. The summed E-state index contributed by atoms with van der Waals surface area (Å²) in [5.41, 5.74) is 5.84. The lowest BCUT2D eigenvalue weighted by Crippen LogP contribution is -2.25. The van der Waals surface area contributed by atoms with Gasteiger partial charge >= 0.3 is 0 Å². The Labute approximate surface area is 92.8 Å². The highest BCUT2D eigenvalue weighted by Gasteiger charge is 2.17. The number of hydrogen-bond donors (Lipinski definition) is 2. The number of carbonyl (C=O) groups is 1. The molecule has 0 bridgehead atoms. The van der Waals surface area contributed by atoms with E-state index in [-0.39, 0.29) is 0 Å². The summed E-state index contributed by atoms with van der Waals surface area (Å²) in [6, 6.07) is 13.3. The average Bonchev–Trinajstić information content (AvgIpc) is 2.29. The van der Waals surface area contributed by atoms with Crippen LogP contribution in [0, 0.1) is 0 Å². The van der Waals surface area contributed by atoms with Crippen LogP contribution in [0.25, 0.3) is 10.8 Å². The number of rotatable bonds is 3. The van der Waals surface area contributed by atoms with Crippen LogP contribution in [0.15, 0.2) is 42.5 Å². The molecule has 0 aliphatic heterocycles. The van der Waals surface area contributed by atoms with E-state index in [4.69, 9.17) is 11.6 Å². The number of carbonyl (C=O) groups excluding carboxylic acids is 1. The molecule has 0 aliphatic rings. The minimum Gasteiger partial charge on any atom is -0.367 e. The zero-order valence-corrected chi connectivity index (χ0v) is 8.59. The summed E-state index contributed by atoms with van der Waals surface area (Å²) < 4.78 is 0. The van der Waals surface area contributed by atoms with Crippen LogP contribution in [0.3, 0.4) is 0 Å². The molecular weight excluding hydrogens is 204 g/mol. The smallest absolute Gasteiger partial charge is 0.253 e. The van der Waals surface area contributed by atoms with Gasteiger partial charge in [0, 0.05) is 0 Å². The van der Waals surface area contributed by atoms with Crippen LogP contribution in [-0.4, -0.2) is 5.91 Å². The molecule has 0 aromatic heterocycles. The van der Waals surface area contributed by atoms with Gasteiger partial charge in [0.2, 0.25) is 0 Å². The fourth-order valence-corrected chi connectivity index (χ4v) is 1.68. The number of hydrogen-bond acceptors (Lipinski definition) is 3. The molecule has 2 aromatic carbocycles. The Kier molecular flexibility index (Phi) is 2.85. The average molecular weight is 216 g/mol. The van der Waals surface area contributed by atoms with Gasteiger partial charge in [-0.05, 0) is 22.4 Å². The topological polar surface area (TPSA) is 78.3 Å². The summed E-state index contributed by atoms with van der Waals surface area (Å²) in [5.74, 6) is 4.45. The van der Waals surface area contributed by atoms with Gasteiger partial charge in [0.25, 0.3) is 5.91 Å². The van der Waals surface area contributed by atoms with Crippen molar-refractivity contribution in [1.82, 2.24) is 0 Å². The van der Waals surface area contributed by atoms with Crippen LogP contribution in [0.5, 0.6) is 0 Å². The summed E-state index contributed by atoms with van der Waals surface area (Å²) in [6.45, 7) is 0. The monoisotopic (exact) mass is 216 g/mol. The molecule has 82 valence electrons. The van der Waals surface area contributed by atoms with Gasteiger partial charge in [-0.2, -0.15) is 0 Å². The third-order valence-corrected chi connectivity index (χ3v) is 2.47. The van der Waals surface area contributed by atoms with Crippen LogP contribution < -0.4 is 11.6 Å². The molecule has 2 rings (SSSR count). The summed E-state index contributed by atoms with van der Waals surface area (Å²) in [6.07, 6.45) is -0.899. The molecule has 1 atom stereocenters. The number of primary amides is 1. The maximum atomic E-state index is 11.1. The minimum absolute atomic E-state index is 0.599.